The van der Waals surface area contributed by atoms with Gasteiger partial charge in [-0.05, 0) is 6.92 Å². The number of hydrogen-bond acceptors (Lipinski definition) is 7. The van der Waals surface area contributed by atoms with Crippen molar-refractivity contribution in [1.82, 2.24) is 9.97 Å². The summed E-state index contributed by atoms with van der Waals surface area (Å²) in [5.41, 5.74) is 2.42. The van der Waals surface area contributed by atoms with Crippen molar-refractivity contribution in [3.63, 3.8) is 0 Å². The summed E-state index contributed by atoms with van der Waals surface area (Å²) in [5.74, 6) is 6.73. The summed E-state index contributed by atoms with van der Waals surface area (Å²) in [7, 11) is 0. The summed E-state index contributed by atoms with van der Waals surface area (Å²) in [4.78, 5) is 8.32. The van der Waals surface area contributed by atoms with Gasteiger partial charge in [-0.1, -0.05) is 0 Å². The summed E-state index contributed by atoms with van der Waals surface area (Å²) >= 11 is 0. The van der Waals surface area contributed by atoms with Gasteiger partial charge in [-0.3, -0.25) is 0 Å². The van der Waals surface area contributed by atoms with E-state index >= 15 is 0 Å². The van der Waals surface area contributed by atoms with Gasteiger partial charge in [0.25, 0.3) is 6.43 Å². The van der Waals surface area contributed by atoms with Gasteiger partial charge < -0.3 is 20.2 Å². The number of aromatic nitrogens is 2. The number of anilines is 2. The smallest absolute Gasteiger partial charge is 0.261 e. The molecule has 0 aliphatic rings. The second kappa shape index (κ2) is 9.34. The van der Waals surface area contributed by atoms with Crippen molar-refractivity contribution in [2.45, 2.75) is 20.0 Å². The molecule has 0 aliphatic carbocycles. The molecule has 4 N–H and O–H groups in total. The first kappa shape index (κ1) is 16.5. The average Bonchev–Trinajstić information content (AvgIpc) is 2.44. The largest absolute Gasteiger partial charge is 0.374 e. The molecule has 1 aromatic rings. The molecule has 0 fully saturated rings. The van der Waals surface area contributed by atoms with E-state index in [0.717, 1.165) is 0 Å². The van der Waals surface area contributed by atoms with Gasteiger partial charge in [0.1, 0.15) is 24.8 Å². The van der Waals surface area contributed by atoms with Crippen molar-refractivity contribution in [3.8, 4) is 0 Å². The zero-order chi connectivity index (χ0) is 14.8. The first-order valence-corrected chi connectivity index (χ1v) is 6.17. The van der Waals surface area contributed by atoms with Gasteiger partial charge in [-0.2, -0.15) is 0 Å². The normalized spacial score (nSPS) is 10.8. The topological polar surface area (TPSA) is 94.3 Å². The molecule has 0 amide bonds. The van der Waals surface area contributed by atoms with Gasteiger partial charge in [0.15, 0.2) is 5.82 Å². The second-order valence-electron chi connectivity index (χ2n) is 3.73. The van der Waals surface area contributed by atoms with Crippen LogP contribution in [0.2, 0.25) is 0 Å². The molecule has 114 valence electrons. The van der Waals surface area contributed by atoms with Gasteiger partial charge in [0.05, 0.1) is 6.61 Å². The maximum absolute atomic E-state index is 11.9. The number of halogens is 2. The Hall–Kier alpha value is -1.58. The molecular formula is C11H19F2N5O2. The number of nitrogens with zero attached hydrogens (tertiary/aromatic N) is 2. The van der Waals surface area contributed by atoms with E-state index in [4.69, 9.17) is 15.3 Å². The van der Waals surface area contributed by atoms with Gasteiger partial charge in [0, 0.05) is 19.2 Å². The minimum absolute atomic E-state index is 0.153. The highest BCUT2D eigenvalue weighted by atomic mass is 19.3. The van der Waals surface area contributed by atoms with Crippen LogP contribution in [0.15, 0.2) is 6.07 Å². The Morgan fingerprint density at radius 1 is 1.30 bits per heavy atom. The van der Waals surface area contributed by atoms with Crippen LogP contribution < -0.4 is 16.6 Å². The number of ether oxygens (including phenoxy) is 2. The molecule has 0 saturated carbocycles. The first-order valence-electron chi connectivity index (χ1n) is 6.17. The van der Waals surface area contributed by atoms with E-state index in [9.17, 15) is 8.78 Å². The van der Waals surface area contributed by atoms with Crippen molar-refractivity contribution >= 4 is 11.6 Å². The van der Waals surface area contributed by atoms with E-state index in [0.29, 0.717) is 30.6 Å². The van der Waals surface area contributed by atoms with E-state index in [1.165, 1.54) is 0 Å². The van der Waals surface area contributed by atoms with E-state index in [1.54, 1.807) is 6.07 Å². The van der Waals surface area contributed by atoms with Crippen LogP contribution in [0.4, 0.5) is 20.4 Å². The molecule has 1 rings (SSSR count). The van der Waals surface area contributed by atoms with Crippen molar-refractivity contribution in [1.29, 1.82) is 0 Å². The molecule has 0 saturated heterocycles. The van der Waals surface area contributed by atoms with Gasteiger partial charge >= 0.3 is 0 Å². The SMILES string of the molecule is CCOCc1nc(NN)cc(NCCOCC(F)F)n1. The fourth-order valence-electron chi connectivity index (χ4n) is 1.34. The highest BCUT2D eigenvalue weighted by Gasteiger charge is 2.05. The molecule has 20 heavy (non-hydrogen) atoms. The summed E-state index contributed by atoms with van der Waals surface area (Å²) < 4.78 is 33.7. The molecular weight excluding hydrogens is 272 g/mol. The van der Waals surface area contributed by atoms with Crippen LogP contribution in [0.1, 0.15) is 12.7 Å². The van der Waals surface area contributed by atoms with Crippen LogP contribution in [0.5, 0.6) is 0 Å². The van der Waals surface area contributed by atoms with Crippen molar-refractivity contribution < 1.29 is 18.3 Å². The number of nitrogen functional groups attached to an aromatic ring is 1. The second-order valence-corrected chi connectivity index (χ2v) is 3.73. The molecule has 1 aromatic heterocycles. The Bertz CT molecular complexity index is 395. The molecule has 1 heterocycles. The van der Waals surface area contributed by atoms with Gasteiger partial charge in [-0.15, -0.1) is 0 Å². The maximum atomic E-state index is 11.9. The quantitative estimate of drug-likeness (QED) is 0.336. The third kappa shape index (κ3) is 6.55. The molecule has 0 aliphatic heterocycles. The lowest BCUT2D eigenvalue weighted by atomic mass is 10.4. The van der Waals surface area contributed by atoms with Crippen LogP contribution >= 0.6 is 0 Å². The Labute approximate surface area is 115 Å². The Balaban J connectivity index is 2.46. The predicted octanol–water partition coefficient (Wildman–Crippen LogP) is 0.992. The fraction of sp³-hybridized carbons (Fsp3) is 0.636. The van der Waals surface area contributed by atoms with Gasteiger partial charge in [0.2, 0.25) is 0 Å². The minimum Gasteiger partial charge on any atom is -0.374 e. The summed E-state index contributed by atoms with van der Waals surface area (Å²) in [6.07, 6.45) is -2.46. The molecule has 0 bridgehead atoms. The van der Waals surface area contributed by atoms with Crippen molar-refractivity contribution in [2.75, 3.05) is 37.1 Å². The predicted molar refractivity (Wildman–Crippen MR) is 70.5 cm³/mol. The zero-order valence-electron chi connectivity index (χ0n) is 11.2. The highest BCUT2D eigenvalue weighted by molar-refractivity contribution is 5.46. The Morgan fingerprint density at radius 2 is 2.05 bits per heavy atom. The summed E-state index contributed by atoms with van der Waals surface area (Å²) in [6, 6.07) is 1.60. The van der Waals surface area contributed by atoms with E-state index in [-0.39, 0.29) is 13.2 Å². The standard InChI is InChI=1S/C11H19F2N5O2/c1-2-19-7-11-16-9(5-10(17-11)18-14)15-3-4-20-6-8(12)13/h5,8H,2-4,6-7,14H2,1H3,(H2,15,16,17,18). The molecule has 0 radical (unpaired) electrons. The number of rotatable bonds is 10. The number of hydrogen-bond donors (Lipinski definition) is 3. The molecule has 0 aromatic carbocycles. The monoisotopic (exact) mass is 291 g/mol. The van der Waals surface area contributed by atoms with E-state index in [2.05, 4.69) is 20.7 Å². The minimum atomic E-state index is -2.46. The first-order chi connectivity index (χ1) is 9.65. The van der Waals surface area contributed by atoms with Crippen molar-refractivity contribution in [2.24, 2.45) is 5.84 Å². The lowest BCUT2D eigenvalue weighted by Gasteiger charge is -2.10. The van der Waals surface area contributed by atoms with Gasteiger partial charge in [-0.25, -0.2) is 24.6 Å². The lowest BCUT2D eigenvalue weighted by Crippen LogP contribution is -2.16. The van der Waals surface area contributed by atoms with Crippen LogP contribution in [0, 0.1) is 0 Å². The fourth-order valence-corrected chi connectivity index (χ4v) is 1.34. The number of nitrogens with one attached hydrogen (secondary N) is 2. The average molecular weight is 291 g/mol. The Morgan fingerprint density at radius 3 is 2.70 bits per heavy atom. The lowest BCUT2D eigenvalue weighted by molar-refractivity contribution is 0.0214. The van der Waals surface area contributed by atoms with Crippen LogP contribution in [0.3, 0.4) is 0 Å². The number of hydrazine groups is 1. The zero-order valence-corrected chi connectivity index (χ0v) is 11.2. The van der Waals surface area contributed by atoms with Crippen LogP contribution in [-0.2, 0) is 16.1 Å². The highest BCUT2D eigenvalue weighted by Crippen LogP contribution is 2.10. The number of alkyl halides is 2. The molecule has 0 unspecified atom stereocenters. The molecule has 0 atom stereocenters. The summed E-state index contributed by atoms with van der Waals surface area (Å²) in [6.45, 7) is 2.61. The third-order valence-electron chi connectivity index (χ3n) is 2.15. The van der Waals surface area contributed by atoms with Crippen LogP contribution in [-0.4, -0.2) is 42.8 Å². The Kier molecular flexibility index (Phi) is 7.70. The molecule has 9 heteroatoms. The third-order valence-corrected chi connectivity index (χ3v) is 2.15. The molecule has 0 spiro atoms. The maximum Gasteiger partial charge on any atom is 0.261 e. The number of nitrogens with two attached hydrogens (primary N) is 1. The summed E-state index contributed by atoms with van der Waals surface area (Å²) in [5, 5.41) is 2.94. The van der Waals surface area contributed by atoms with E-state index < -0.39 is 13.0 Å². The van der Waals surface area contributed by atoms with Crippen LogP contribution in [0.25, 0.3) is 0 Å². The molecule has 7 nitrogen and oxygen atoms in total. The van der Waals surface area contributed by atoms with E-state index in [1.807, 2.05) is 6.92 Å². The van der Waals surface area contributed by atoms with Crippen molar-refractivity contribution in [3.05, 3.63) is 11.9 Å².